The molecule has 0 unspecified atom stereocenters. The molecule has 2 aliphatic carbocycles. The number of fused-ring (bicyclic) bond motifs is 1. The number of H-pyrrole nitrogens is 2. The van der Waals surface area contributed by atoms with Gasteiger partial charge in [-0.05, 0) is 56.7 Å². The van der Waals surface area contributed by atoms with E-state index in [2.05, 4.69) is 40.1 Å². The topological polar surface area (TPSA) is 183 Å². The molecular weight excluding hydrogens is 548 g/mol. The SMILES string of the molecule is O=c1[nH]c(O)c(/C=c2\cnn3c(=NC4CC4)nc(NC4CCC(NS(=O)(=O)c5ccc(F)cc5F)CC4)nc23)[nH]1. The standard InChI is InChI=1S/C24H25F2N9O4S/c25-13-1-8-19(17(26)10-13)40(38,39)34-16-6-4-14(5-7-16)28-22-31-20-12(9-18-21(36)32-24(37)30-18)11-27-35(20)23(33-22)29-15-2-3-15/h1,8-11,14-16,34,36H,2-7H2,(H,28,29,33)(H2,30,32,37)/b12-9+. The van der Waals surface area contributed by atoms with Gasteiger partial charge in [-0.15, -0.1) is 0 Å². The molecule has 5 N–H and O–H groups in total. The summed E-state index contributed by atoms with van der Waals surface area (Å²) in [4.78, 5) is 29.5. The Bertz CT molecular complexity index is 1870. The number of nitrogens with one attached hydrogen (secondary N) is 4. The Morgan fingerprint density at radius 2 is 1.82 bits per heavy atom. The summed E-state index contributed by atoms with van der Waals surface area (Å²) >= 11 is 0. The van der Waals surface area contributed by atoms with E-state index in [1.165, 1.54) is 16.8 Å². The second kappa shape index (κ2) is 10.1. The van der Waals surface area contributed by atoms with E-state index >= 15 is 0 Å². The molecule has 0 spiro atoms. The predicted molar refractivity (Wildman–Crippen MR) is 138 cm³/mol. The fourth-order valence-corrected chi connectivity index (χ4v) is 6.02. The van der Waals surface area contributed by atoms with Gasteiger partial charge in [0.15, 0.2) is 5.65 Å². The number of anilines is 1. The average molecular weight is 574 g/mol. The number of aromatic amines is 2. The number of hydrogen-bond donors (Lipinski definition) is 5. The number of sulfonamides is 1. The van der Waals surface area contributed by atoms with E-state index in [4.69, 9.17) is 0 Å². The lowest BCUT2D eigenvalue weighted by Crippen LogP contribution is -2.40. The van der Waals surface area contributed by atoms with Crippen molar-refractivity contribution in [3.63, 3.8) is 0 Å². The minimum absolute atomic E-state index is 0.0695. The van der Waals surface area contributed by atoms with Crippen molar-refractivity contribution in [2.75, 3.05) is 5.32 Å². The van der Waals surface area contributed by atoms with E-state index in [0.29, 0.717) is 54.2 Å². The number of aromatic nitrogens is 6. The van der Waals surface area contributed by atoms with Crippen molar-refractivity contribution in [3.05, 3.63) is 63.0 Å². The minimum Gasteiger partial charge on any atom is -0.493 e. The lowest BCUT2D eigenvalue weighted by molar-refractivity contribution is 0.385. The monoisotopic (exact) mass is 573 g/mol. The first-order valence-electron chi connectivity index (χ1n) is 12.7. The number of rotatable bonds is 7. The van der Waals surface area contributed by atoms with E-state index in [1.54, 1.807) is 0 Å². The van der Waals surface area contributed by atoms with E-state index in [1.807, 2.05) is 0 Å². The van der Waals surface area contributed by atoms with Crippen molar-refractivity contribution in [2.24, 2.45) is 4.99 Å². The van der Waals surface area contributed by atoms with Gasteiger partial charge in [-0.25, -0.2) is 31.7 Å². The molecule has 0 radical (unpaired) electrons. The Morgan fingerprint density at radius 3 is 2.50 bits per heavy atom. The zero-order valence-corrected chi connectivity index (χ0v) is 21.8. The van der Waals surface area contributed by atoms with Gasteiger partial charge in [0.2, 0.25) is 21.9 Å². The van der Waals surface area contributed by atoms with Gasteiger partial charge in [-0.3, -0.25) is 4.98 Å². The summed E-state index contributed by atoms with van der Waals surface area (Å²) in [5.74, 6) is -1.99. The molecule has 3 heterocycles. The highest BCUT2D eigenvalue weighted by atomic mass is 32.2. The summed E-state index contributed by atoms with van der Waals surface area (Å²) < 4.78 is 56.6. The fourth-order valence-electron chi connectivity index (χ4n) is 4.66. The second-order valence-electron chi connectivity index (χ2n) is 9.92. The average Bonchev–Trinajstić information content (AvgIpc) is 3.53. The zero-order valence-electron chi connectivity index (χ0n) is 20.9. The lowest BCUT2D eigenvalue weighted by Gasteiger charge is -2.29. The van der Waals surface area contributed by atoms with Crippen molar-refractivity contribution < 1.29 is 22.3 Å². The maximum Gasteiger partial charge on any atom is 0.326 e. The number of nitrogens with zero attached hydrogens (tertiary/aromatic N) is 5. The number of imidazole rings is 1. The number of hydrogen-bond acceptors (Lipinski definition) is 9. The zero-order chi connectivity index (χ0) is 28.0. The third-order valence-corrected chi connectivity index (χ3v) is 8.38. The van der Waals surface area contributed by atoms with Crippen LogP contribution in [-0.2, 0) is 10.0 Å². The molecule has 210 valence electrons. The minimum atomic E-state index is -4.15. The molecule has 0 atom stereocenters. The van der Waals surface area contributed by atoms with Crippen molar-refractivity contribution in [2.45, 2.75) is 61.5 Å². The molecule has 6 rings (SSSR count). The third-order valence-electron chi connectivity index (χ3n) is 6.82. The van der Waals surface area contributed by atoms with Crippen molar-refractivity contribution in [1.82, 2.24) is 34.3 Å². The van der Waals surface area contributed by atoms with E-state index in [9.17, 15) is 27.1 Å². The lowest BCUT2D eigenvalue weighted by atomic mass is 9.92. The molecular formula is C24H25F2N9O4S. The van der Waals surface area contributed by atoms with Gasteiger partial charge in [-0.2, -0.15) is 19.6 Å². The number of halogens is 2. The molecule has 2 aliphatic rings. The van der Waals surface area contributed by atoms with E-state index in [-0.39, 0.29) is 23.7 Å². The molecule has 1 aromatic carbocycles. The summed E-state index contributed by atoms with van der Waals surface area (Å²) in [7, 11) is -4.15. The number of benzene rings is 1. The van der Waals surface area contributed by atoms with Gasteiger partial charge >= 0.3 is 5.69 Å². The molecule has 16 heteroatoms. The van der Waals surface area contributed by atoms with Gasteiger partial charge in [-0.1, -0.05) is 0 Å². The maximum atomic E-state index is 14.1. The van der Waals surface area contributed by atoms with Crippen molar-refractivity contribution in [3.8, 4) is 5.88 Å². The highest BCUT2D eigenvalue weighted by molar-refractivity contribution is 7.89. The van der Waals surface area contributed by atoms with Gasteiger partial charge < -0.3 is 15.4 Å². The summed E-state index contributed by atoms with van der Waals surface area (Å²) in [5.41, 5.74) is 0.405. The molecule has 0 amide bonds. The van der Waals surface area contributed by atoms with Gasteiger partial charge in [0.1, 0.15) is 22.2 Å². The molecule has 2 saturated carbocycles. The van der Waals surface area contributed by atoms with Crippen LogP contribution in [0, 0.1) is 11.6 Å². The van der Waals surface area contributed by atoms with Crippen LogP contribution in [-0.4, -0.2) is 61.2 Å². The smallest absolute Gasteiger partial charge is 0.326 e. The van der Waals surface area contributed by atoms with Crippen LogP contribution in [0.4, 0.5) is 14.7 Å². The molecule has 0 bridgehead atoms. The highest BCUT2D eigenvalue weighted by Gasteiger charge is 2.28. The molecule has 4 aromatic rings. The Labute approximate surface area is 225 Å². The van der Waals surface area contributed by atoms with Crippen molar-refractivity contribution >= 4 is 27.7 Å². The summed E-state index contributed by atoms with van der Waals surface area (Å²) in [6, 6.07) is 2.03. The van der Waals surface area contributed by atoms with Gasteiger partial charge in [0.05, 0.1) is 12.2 Å². The summed E-state index contributed by atoms with van der Waals surface area (Å²) in [6.07, 6.45) is 7.10. The van der Waals surface area contributed by atoms with E-state index < -0.39 is 38.3 Å². The maximum absolute atomic E-state index is 14.1. The Morgan fingerprint density at radius 1 is 1.07 bits per heavy atom. The predicted octanol–water partition coefficient (Wildman–Crippen LogP) is 0.437. The van der Waals surface area contributed by atoms with E-state index in [0.717, 1.165) is 25.0 Å². The van der Waals surface area contributed by atoms with Crippen LogP contribution in [0.2, 0.25) is 0 Å². The summed E-state index contributed by atoms with van der Waals surface area (Å²) in [6.45, 7) is 0. The van der Waals surface area contributed by atoms with Crippen LogP contribution in [0.5, 0.6) is 5.88 Å². The van der Waals surface area contributed by atoms with Gasteiger partial charge in [0.25, 0.3) is 5.62 Å². The van der Waals surface area contributed by atoms with Crippen LogP contribution in [0.15, 0.2) is 39.1 Å². The molecule has 0 saturated heterocycles. The van der Waals surface area contributed by atoms with Crippen LogP contribution in [0.1, 0.15) is 44.2 Å². The molecule has 0 aliphatic heterocycles. The molecule has 2 fully saturated rings. The van der Waals surface area contributed by atoms with Crippen LogP contribution < -0.4 is 26.6 Å². The van der Waals surface area contributed by atoms with Gasteiger partial charge in [0, 0.05) is 23.4 Å². The highest BCUT2D eigenvalue weighted by Crippen LogP contribution is 2.24. The van der Waals surface area contributed by atoms with Crippen molar-refractivity contribution in [1.29, 1.82) is 0 Å². The Balaban J connectivity index is 1.21. The first-order chi connectivity index (χ1) is 19.1. The third kappa shape index (κ3) is 5.44. The Hall–Kier alpha value is -4.18. The van der Waals surface area contributed by atoms with Crippen LogP contribution in [0.3, 0.4) is 0 Å². The van der Waals surface area contributed by atoms with Crippen LogP contribution in [0.25, 0.3) is 11.7 Å². The first kappa shape index (κ1) is 26.1. The second-order valence-corrected chi connectivity index (χ2v) is 11.6. The molecule has 3 aromatic heterocycles. The fraction of sp³-hybridized carbons (Fsp3) is 0.375. The summed E-state index contributed by atoms with van der Waals surface area (Å²) in [5, 5.41) is 18.1. The normalized spacial score (nSPS) is 20.9. The molecule has 13 nitrogen and oxygen atoms in total. The Kier molecular flexibility index (Phi) is 6.58. The largest absolute Gasteiger partial charge is 0.493 e. The number of aromatic hydroxyl groups is 1. The molecule has 40 heavy (non-hydrogen) atoms. The first-order valence-corrected chi connectivity index (χ1v) is 14.2. The van der Waals surface area contributed by atoms with Crippen LogP contribution >= 0.6 is 0 Å². The quantitative estimate of drug-likeness (QED) is 0.211.